The van der Waals surface area contributed by atoms with Gasteiger partial charge in [-0.2, -0.15) is 0 Å². The Labute approximate surface area is 84.1 Å². The summed E-state index contributed by atoms with van der Waals surface area (Å²) in [7, 11) is -2.62. The van der Waals surface area contributed by atoms with E-state index >= 15 is 0 Å². The first-order valence-corrected chi connectivity index (χ1v) is 5.21. The Balaban J connectivity index is 0.000000218. The third-order valence-electron chi connectivity index (χ3n) is 0.940. The van der Waals surface area contributed by atoms with Gasteiger partial charge in [0.15, 0.2) is 0 Å². The Morgan fingerprint density at radius 3 is 1.55 bits per heavy atom. The van der Waals surface area contributed by atoms with Crippen LogP contribution in [0.2, 0.25) is 0 Å². The summed E-state index contributed by atoms with van der Waals surface area (Å²) in [5.74, 6) is 0. The van der Waals surface area contributed by atoms with Gasteiger partial charge in [-0.3, -0.25) is 0 Å². The van der Waals surface area contributed by atoms with Crippen LogP contribution in [0.15, 0.2) is 30.3 Å². The quantitative estimate of drug-likeness (QED) is 0.380. The molecule has 0 radical (unpaired) electrons. The van der Waals surface area contributed by atoms with E-state index in [2.05, 4.69) is 24.3 Å². The zero-order chi connectivity index (χ0) is 8.69. The summed E-state index contributed by atoms with van der Waals surface area (Å²) in [4.78, 5) is 21.7. The van der Waals surface area contributed by atoms with Gasteiger partial charge in [0.25, 0.3) is 0 Å². The summed E-state index contributed by atoms with van der Waals surface area (Å²) >= 11 is 1.17. The number of benzene rings is 1. The molecule has 0 heterocycles. The third-order valence-corrected chi connectivity index (χ3v) is 1.61. The molecule has 5 heteroatoms. The van der Waals surface area contributed by atoms with Gasteiger partial charge in [0.2, 0.25) is 0 Å². The van der Waals surface area contributed by atoms with E-state index in [9.17, 15) is 0 Å². The van der Waals surface area contributed by atoms with Gasteiger partial charge in [-0.25, -0.2) is 0 Å². The molecular formula is C6H8NaO3P. The maximum absolute atomic E-state index is 7.23. The number of hydrogen-bond donors (Lipinski definition) is 3. The standard InChI is InChI=1S/C6H5.Na.H3O3P/c1-2-4-6-5-3-1;;1-4(2)3/h1-5H;;1-3H. The molecule has 1 aromatic rings. The van der Waals surface area contributed by atoms with Crippen LogP contribution in [0.5, 0.6) is 0 Å². The van der Waals surface area contributed by atoms with Crippen molar-refractivity contribution in [3.63, 3.8) is 0 Å². The minimum atomic E-state index is -2.62. The van der Waals surface area contributed by atoms with Crippen molar-refractivity contribution >= 4 is 39.3 Å². The normalized spacial score (nSPS) is 8.91. The summed E-state index contributed by atoms with van der Waals surface area (Å²) in [6, 6.07) is 10.5. The molecule has 0 amide bonds. The van der Waals surface area contributed by atoms with Crippen LogP contribution in [-0.4, -0.2) is 42.6 Å². The number of rotatable bonds is 0. The van der Waals surface area contributed by atoms with Gasteiger partial charge >= 0.3 is 69.7 Å². The van der Waals surface area contributed by atoms with Crippen molar-refractivity contribution in [2.45, 2.75) is 0 Å². The minimum absolute atomic E-state index is 1.17. The Morgan fingerprint density at radius 2 is 1.36 bits per heavy atom. The van der Waals surface area contributed by atoms with Crippen molar-refractivity contribution in [2.75, 3.05) is 0 Å². The van der Waals surface area contributed by atoms with E-state index < -0.39 is 8.60 Å². The fraction of sp³-hybridized carbons (Fsp3) is 0. The zero-order valence-corrected chi connectivity index (χ0v) is 9.07. The molecule has 0 aliphatic carbocycles. The Hall–Kier alpha value is 0.530. The van der Waals surface area contributed by atoms with Crippen molar-refractivity contribution in [1.82, 2.24) is 0 Å². The first-order chi connectivity index (χ1) is 5.13. The monoisotopic (exact) mass is 182 g/mol. The molecule has 0 fully saturated rings. The van der Waals surface area contributed by atoms with Crippen LogP contribution in [0, 0.1) is 0 Å². The molecule has 0 saturated carbocycles. The van der Waals surface area contributed by atoms with Crippen LogP contribution >= 0.6 is 8.60 Å². The van der Waals surface area contributed by atoms with Crippen LogP contribution in [0.25, 0.3) is 0 Å². The Bertz CT molecular complexity index is 178. The van der Waals surface area contributed by atoms with Crippen LogP contribution < -0.4 is 2.81 Å². The van der Waals surface area contributed by atoms with Gasteiger partial charge in [0.1, 0.15) is 0 Å². The molecule has 56 valence electrons. The molecule has 0 aliphatic heterocycles. The molecule has 0 aliphatic rings. The fourth-order valence-corrected chi connectivity index (χ4v) is 0.919. The number of hydrogen-bond acceptors (Lipinski definition) is 3. The maximum atomic E-state index is 7.23. The molecule has 3 N–H and O–H groups in total. The van der Waals surface area contributed by atoms with E-state index in [4.69, 9.17) is 14.7 Å². The van der Waals surface area contributed by atoms with E-state index in [1.54, 1.807) is 0 Å². The summed E-state index contributed by atoms with van der Waals surface area (Å²) in [5.41, 5.74) is 0. The van der Waals surface area contributed by atoms with Gasteiger partial charge in [-0.1, -0.05) is 0 Å². The molecule has 0 atom stereocenters. The van der Waals surface area contributed by atoms with Crippen LogP contribution in [0.1, 0.15) is 0 Å². The second-order valence-corrected chi connectivity index (χ2v) is 3.61. The molecule has 0 unspecified atom stereocenters. The molecule has 0 saturated heterocycles. The predicted molar refractivity (Wildman–Crippen MR) is 45.4 cm³/mol. The van der Waals surface area contributed by atoms with E-state index in [-0.39, 0.29) is 0 Å². The van der Waals surface area contributed by atoms with Crippen molar-refractivity contribution in [3.8, 4) is 0 Å². The van der Waals surface area contributed by atoms with E-state index in [0.717, 1.165) is 0 Å². The predicted octanol–water partition coefficient (Wildman–Crippen LogP) is -0.329. The molecule has 0 spiro atoms. The zero-order valence-electron chi connectivity index (χ0n) is 6.18. The molecule has 11 heavy (non-hydrogen) atoms. The van der Waals surface area contributed by atoms with E-state index in [0.29, 0.717) is 0 Å². The van der Waals surface area contributed by atoms with E-state index in [1.165, 1.54) is 30.7 Å². The molecule has 0 bridgehead atoms. The van der Waals surface area contributed by atoms with Gasteiger partial charge in [-0.05, 0) is 0 Å². The topological polar surface area (TPSA) is 60.7 Å². The molecule has 1 rings (SSSR count). The first kappa shape index (κ1) is 11.5. The molecule has 3 nitrogen and oxygen atoms in total. The van der Waals surface area contributed by atoms with Gasteiger partial charge in [0, 0.05) is 0 Å². The molecule has 0 aromatic heterocycles. The summed E-state index contributed by atoms with van der Waals surface area (Å²) in [5, 5.41) is 0. The van der Waals surface area contributed by atoms with Crippen LogP contribution in [0.4, 0.5) is 0 Å². The fourth-order valence-electron chi connectivity index (χ4n) is 0.534. The van der Waals surface area contributed by atoms with Gasteiger partial charge < -0.3 is 14.7 Å². The third kappa shape index (κ3) is 10.5. The average Bonchev–Trinajstić information content (AvgIpc) is 1.87. The SMILES string of the molecule is OP(O)O.[Na][c]1ccccc1. The molecular weight excluding hydrogens is 174 g/mol. The van der Waals surface area contributed by atoms with Gasteiger partial charge in [-0.15, -0.1) is 0 Å². The Kier molecular flexibility index (Phi) is 7.54. The average molecular weight is 182 g/mol. The van der Waals surface area contributed by atoms with Crippen molar-refractivity contribution in [2.24, 2.45) is 0 Å². The van der Waals surface area contributed by atoms with Crippen molar-refractivity contribution in [1.29, 1.82) is 0 Å². The summed E-state index contributed by atoms with van der Waals surface area (Å²) in [6.45, 7) is 0. The van der Waals surface area contributed by atoms with Crippen LogP contribution in [-0.2, 0) is 0 Å². The Morgan fingerprint density at radius 1 is 1.00 bits per heavy atom. The van der Waals surface area contributed by atoms with Crippen LogP contribution in [0.3, 0.4) is 0 Å². The second kappa shape index (κ2) is 7.19. The van der Waals surface area contributed by atoms with E-state index in [1.807, 2.05) is 6.07 Å². The summed E-state index contributed by atoms with van der Waals surface area (Å²) < 4.78 is 1.46. The second-order valence-electron chi connectivity index (χ2n) is 1.92. The first-order valence-electron chi connectivity index (χ1n) is 3.01. The summed E-state index contributed by atoms with van der Waals surface area (Å²) in [6.07, 6.45) is 0. The van der Waals surface area contributed by atoms with Crippen molar-refractivity contribution in [3.05, 3.63) is 30.3 Å². The van der Waals surface area contributed by atoms with Crippen molar-refractivity contribution < 1.29 is 14.7 Å². The van der Waals surface area contributed by atoms with Gasteiger partial charge in [0.05, 0.1) is 0 Å². The molecule has 1 aromatic carbocycles.